The molecule has 0 aromatic heterocycles. The number of rotatable bonds is 15. The standard InChI is InChI=1S/C24H26F13NO/c1-3-5-12-38(13-6-4-2)18(17(15-39)14-16-10-8-7-9-11-16)19(25,26)20(27,28)21(29,30)22(31,32)23(33,34)24(35,36)37/h7-11,15H,3-6,12-14H2,1-2H3/b18-17-. The van der Waals surface area contributed by atoms with Crippen LogP contribution in [0.5, 0.6) is 0 Å². The Morgan fingerprint density at radius 1 is 0.692 bits per heavy atom. The van der Waals surface area contributed by atoms with Crippen molar-refractivity contribution in [2.45, 2.75) is 81.7 Å². The third-order valence-corrected chi connectivity index (χ3v) is 5.79. The first-order valence-corrected chi connectivity index (χ1v) is 11.6. The first-order valence-electron chi connectivity index (χ1n) is 11.6. The zero-order valence-electron chi connectivity index (χ0n) is 20.7. The second-order valence-corrected chi connectivity index (χ2v) is 8.72. The fourth-order valence-corrected chi connectivity index (χ4v) is 3.55. The molecule has 39 heavy (non-hydrogen) atoms. The summed E-state index contributed by atoms with van der Waals surface area (Å²) in [6.07, 6.45) is -8.47. The van der Waals surface area contributed by atoms with E-state index in [1.54, 1.807) is 0 Å². The van der Waals surface area contributed by atoms with Crippen LogP contribution in [-0.4, -0.2) is 60.1 Å². The second-order valence-electron chi connectivity index (χ2n) is 8.72. The van der Waals surface area contributed by atoms with Gasteiger partial charge in [-0.3, -0.25) is 4.79 Å². The molecule has 1 aromatic carbocycles. The summed E-state index contributed by atoms with van der Waals surface area (Å²) in [5, 5.41) is 0. The molecule has 0 aliphatic heterocycles. The van der Waals surface area contributed by atoms with Crippen LogP contribution in [0, 0.1) is 0 Å². The van der Waals surface area contributed by atoms with Crippen molar-refractivity contribution in [2.24, 2.45) is 0 Å². The number of hydrogen-bond donors (Lipinski definition) is 0. The number of carbonyl (C=O) groups is 1. The van der Waals surface area contributed by atoms with E-state index in [1.165, 1.54) is 44.2 Å². The highest BCUT2D eigenvalue weighted by Crippen LogP contribution is 2.61. The van der Waals surface area contributed by atoms with Gasteiger partial charge in [0, 0.05) is 25.1 Å². The average Bonchev–Trinajstić information content (AvgIpc) is 2.84. The number of aldehydes is 1. The molecule has 0 amide bonds. The van der Waals surface area contributed by atoms with E-state index in [0.717, 1.165) is 0 Å². The van der Waals surface area contributed by atoms with E-state index < -0.39 is 72.9 Å². The number of allylic oxidation sites excluding steroid dienone is 2. The topological polar surface area (TPSA) is 20.3 Å². The first-order chi connectivity index (χ1) is 17.7. The third kappa shape index (κ3) is 6.47. The maximum absolute atomic E-state index is 15.5. The summed E-state index contributed by atoms with van der Waals surface area (Å²) in [7, 11) is 0. The van der Waals surface area contributed by atoms with Gasteiger partial charge >= 0.3 is 35.8 Å². The Kier molecular flexibility index (Phi) is 10.9. The van der Waals surface area contributed by atoms with Crippen molar-refractivity contribution in [1.82, 2.24) is 4.90 Å². The molecule has 0 atom stereocenters. The van der Waals surface area contributed by atoms with E-state index in [1.807, 2.05) is 0 Å². The minimum Gasteiger partial charge on any atom is -0.369 e. The smallest absolute Gasteiger partial charge is 0.369 e. The van der Waals surface area contributed by atoms with Crippen LogP contribution in [-0.2, 0) is 11.2 Å². The van der Waals surface area contributed by atoms with Gasteiger partial charge in [0.25, 0.3) is 0 Å². The molecule has 1 aromatic rings. The van der Waals surface area contributed by atoms with Crippen molar-refractivity contribution in [2.75, 3.05) is 13.1 Å². The summed E-state index contributed by atoms with van der Waals surface area (Å²) in [5.41, 5.74) is -3.43. The minimum atomic E-state index is -8.02. The SMILES string of the molecule is CCCCN(CCCC)/C(=C(\C=O)Cc1ccccc1)C(F)(F)C(F)(F)C(F)(F)C(F)(F)C(F)(F)C(F)(F)F. The lowest BCUT2D eigenvalue weighted by molar-refractivity contribution is -0.437. The van der Waals surface area contributed by atoms with Crippen LogP contribution in [0.1, 0.15) is 45.1 Å². The Bertz CT molecular complexity index is 964. The molecule has 2 nitrogen and oxygen atoms in total. The van der Waals surface area contributed by atoms with Crippen molar-refractivity contribution in [3.8, 4) is 0 Å². The molecule has 1 rings (SSSR count). The lowest BCUT2D eigenvalue weighted by atomic mass is 9.89. The van der Waals surface area contributed by atoms with Crippen molar-refractivity contribution in [3.63, 3.8) is 0 Å². The Balaban J connectivity index is 3.98. The molecule has 0 aliphatic rings. The summed E-state index contributed by atoms with van der Waals surface area (Å²) in [4.78, 5) is 12.2. The summed E-state index contributed by atoms with van der Waals surface area (Å²) in [5.74, 6) is -37.8. The number of nitrogens with zero attached hydrogens (tertiary/aromatic N) is 1. The van der Waals surface area contributed by atoms with E-state index in [4.69, 9.17) is 0 Å². The Morgan fingerprint density at radius 3 is 1.51 bits per heavy atom. The van der Waals surface area contributed by atoms with Crippen molar-refractivity contribution >= 4 is 6.29 Å². The molecule has 0 aliphatic carbocycles. The van der Waals surface area contributed by atoms with Gasteiger partial charge < -0.3 is 4.90 Å². The predicted molar refractivity (Wildman–Crippen MR) is 115 cm³/mol. The van der Waals surface area contributed by atoms with Crippen LogP contribution in [0.4, 0.5) is 57.1 Å². The van der Waals surface area contributed by atoms with E-state index in [9.17, 15) is 53.1 Å². The molecule has 15 heteroatoms. The Morgan fingerprint density at radius 2 is 1.13 bits per heavy atom. The molecular formula is C24H26F13NO. The largest absolute Gasteiger partial charge is 0.460 e. The monoisotopic (exact) mass is 591 g/mol. The molecule has 0 fully saturated rings. The fraction of sp³-hybridized carbons (Fsp3) is 0.625. The highest BCUT2D eigenvalue weighted by atomic mass is 19.4. The zero-order valence-corrected chi connectivity index (χ0v) is 20.7. The number of benzene rings is 1. The molecule has 0 saturated carbocycles. The van der Waals surface area contributed by atoms with E-state index in [2.05, 4.69) is 0 Å². The quantitative estimate of drug-likeness (QED) is 0.116. The van der Waals surface area contributed by atoms with E-state index >= 15 is 8.78 Å². The van der Waals surface area contributed by atoms with E-state index in [-0.39, 0.29) is 31.2 Å². The lowest BCUT2D eigenvalue weighted by Crippen LogP contribution is -2.70. The maximum atomic E-state index is 15.5. The number of unbranched alkanes of at least 4 members (excludes halogenated alkanes) is 2. The number of halogens is 13. The van der Waals surface area contributed by atoms with Crippen LogP contribution in [0.25, 0.3) is 0 Å². The van der Waals surface area contributed by atoms with Gasteiger partial charge in [0.15, 0.2) is 0 Å². The lowest BCUT2D eigenvalue weighted by Gasteiger charge is -2.42. The number of hydrogen-bond acceptors (Lipinski definition) is 2. The van der Waals surface area contributed by atoms with E-state index in [0.29, 0.717) is 4.90 Å². The Labute approximate surface area is 215 Å². The van der Waals surface area contributed by atoms with Gasteiger partial charge in [-0.05, 0) is 18.4 Å². The minimum absolute atomic E-state index is 0.0165. The van der Waals surface area contributed by atoms with Crippen LogP contribution in [0.3, 0.4) is 0 Å². The molecule has 0 radical (unpaired) electrons. The summed E-state index contributed by atoms with van der Waals surface area (Å²) in [6, 6.07) is 6.57. The maximum Gasteiger partial charge on any atom is 0.460 e. The normalized spacial score (nSPS) is 14.7. The van der Waals surface area contributed by atoms with Gasteiger partial charge in [-0.25, -0.2) is 0 Å². The van der Waals surface area contributed by atoms with Crippen LogP contribution >= 0.6 is 0 Å². The predicted octanol–water partition coefficient (Wildman–Crippen LogP) is 8.32. The van der Waals surface area contributed by atoms with Crippen LogP contribution < -0.4 is 0 Å². The number of carbonyl (C=O) groups excluding carboxylic acids is 1. The molecule has 0 saturated heterocycles. The fourth-order valence-electron chi connectivity index (χ4n) is 3.55. The first kappa shape index (κ1) is 34.5. The third-order valence-electron chi connectivity index (χ3n) is 5.79. The van der Waals surface area contributed by atoms with Gasteiger partial charge in [0.2, 0.25) is 0 Å². The summed E-state index contributed by atoms with van der Waals surface area (Å²) >= 11 is 0. The molecule has 0 N–H and O–H groups in total. The van der Waals surface area contributed by atoms with Gasteiger partial charge in [-0.15, -0.1) is 0 Å². The van der Waals surface area contributed by atoms with Crippen LogP contribution in [0.2, 0.25) is 0 Å². The van der Waals surface area contributed by atoms with Gasteiger partial charge in [-0.2, -0.15) is 57.1 Å². The molecule has 0 spiro atoms. The molecule has 0 heterocycles. The molecule has 0 bridgehead atoms. The highest BCUT2D eigenvalue weighted by molar-refractivity contribution is 5.76. The molecule has 224 valence electrons. The molecule has 0 unspecified atom stereocenters. The van der Waals surface area contributed by atoms with Crippen LogP contribution in [0.15, 0.2) is 41.6 Å². The highest BCUT2D eigenvalue weighted by Gasteiger charge is 2.91. The second kappa shape index (κ2) is 12.4. The van der Waals surface area contributed by atoms with Crippen molar-refractivity contribution in [1.29, 1.82) is 0 Å². The van der Waals surface area contributed by atoms with Crippen molar-refractivity contribution in [3.05, 3.63) is 47.2 Å². The Hall–Kier alpha value is -2.48. The number of alkyl halides is 13. The molecular weight excluding hydrogens is 565 g/mol. The van der Waals surface area contributed by atoms with Crippen molar-refractivity contribution < 1.29 is 61.9 Å². The van der Waals surface area contributed by atoms with Gasteiger partial charge in [0.05, 0.1) is 5.70 Å². The summed E-state index contributed by atoms with van der Waals surface area (Å²) in [6.45, 7) is 1.88. The van der Waals surface area contributed by atoms with Gasteiger partial charge in [0.1, 0.15) is 6.29 Å². The summed E-state index contributed by atoms with van der Waals surface area (Å²) < 4.78 is 181. The zero-order chi connectivity index (χ0) is 30.5. The van der Waals surface area contributed by atoms with Gasteiger partial charge in [-0.1, -0.05) is 57.0 Å². The average molecular weight is 591 g/mol.